The molecule has 2 heterocycles. The first kappa shape index (κ1) is 20.0. The zero-order valence-electron chi connectivity index (χ0n) is 17.2. The van der Waals surface area contributed by atoms with E-state index >= 15 is 0 Å². The van der Waals surface area contributed by atoms with Crippen LogP contribution in [-0.4, -0.2) is 43.4 Å². The molecule has 0 saturated carbocycles. The van der Waals surface area contributed by atoms with Gasteiger partial charge in [0, 0.05) is 38.1 Å². The number of aryl methyl sites for hydroxylation is 2. The molecule has 30 heavy (non-hydrogen) atoms. The van der Waals surface area contributed by atoms with Crippen molar-refractivity contribution < 1.29 is 19.2 Å². The Balaban J connectivity index is 1.51. The maximum Gasteiger partial charge on any atom is 0.414 e. The number of amides is 1. The molecule has 2 saturated heterocycles. The van der Waals surface area contributed by atoms with Crippen molar-refractivity contribution in [2.24, 2.45) is 0 Å². The molecule has 2 aromatic rings. The third-order valence-corrected chi connectivity index (χ3v) is 5.70. The standard InChI is InChI=1S/C22H25N3O5/c1-15-4-3-5-16(2)21(15)30-18-8-10-23(11-9-18)19-7-6-17(25(27)28)14-20(19)24-12-13-29-22(24)26/h3-7,14,18H,8-13H2,1-2H3. The number of benzene rings is 2. The number of rotatable bonds is 5. The quantitative estimate of drug-likeness (QED) is 0.541. The lowest BCUT2D eigenvalue weighted by molar-refractivity contribution is -0.384. The van der Waals surface area contributed by atoms with Crippen LogP contribution in [0.1, 0.15) is 24.0 Å². The lowest BCUT2D eigenvalue weighted by atomic mass is 10.0. The fourth-order valence-corrected chi connectivity index (χ4v) is 4.09. The van der Waals surface area contributed by atoms with Gasteiger partial charge in [-0.3, -0.25) is 15.0 Å². The fraction of sp³-hybridized carbons (Fsp3) is 0.409. The third-order valence-electron chi connectivity index (χ3n) is 5.70. The molecular weight excluding hydrogens is 386 g/mol. The van der Waals surface area contributed by atoms with Gasteiger partial charge >= 0.3 is 6.09 Å². The second kappa shape index (κ2) is 8.22. The van der Waals surface area contributed by atoms with Crippen molar-refractivity contribution in [3.8, 4) is 5.75 Å². The Morgan fingerprint density at radius 1 is 1.07 bits per heavy atom. The molecule has 0 aromatic heterocycles. The molecule has 0 N–H and O–H groups in total. The summed E-state index contributed by atoms with van der Waals surface area (Å²) in [5.74, 6) is 0.951. The van der Waals surface area contributed by atoms with Crippen LogP contribution in [0.25, 0.3) is 0 Å². The molecule has 0 radical (unpaired) electrons. The van der Waals surface area contributed by atoms with E-state index in [-0.39, 0.29) is 18.4 Å². The Morgan fingerprint density at radius 2 is 1.77 bits per heavy atom. The number of piperidine rings is 1. The first-order valence-corrected chi connectivity index (χ1v) is 10.1. The van der Waals surface area contributed by atoms with Crippen molar-refractivity contribution >= 4 is 23.2 Å². The smallest absolute Gasteiger partial charge is 0.414 e. The molecular formula is C22H25N3O5. The second-order valence-corrected chi connectivity index (χ2v) is 7.72. The predicted molar refractivity (Wildman–Crippen MR) is 114 cm³/mol. The van der Waals surface area contributed by atoms with E-state index in [4.69, 9.17) is 9.47 Å². The van der Waals surface area contributed by atoms with Gasteiger partial charge in [0.2, 0.25) is 0 Å². The molecule has 1 amide bonds. The number of hydrogen-bond donors (Lipinski definition) is 0. The molecule has 0 unspecified atom stereocenters. The topological polar surface area (TPSA) is 85.2 Å². The molecule has 0 spiro atoms. The van der Waals surface area contributed by atoms with Gasteiger partial charge in [-0.25, -0.2) is 4.79 Å². The van der Waals surface area contributed by atoms with Gasteiger partial charge < -0.3 is 14.4 Å². The Labute approximate surface area is 175 Å². The maximum absolute atomic E-state index is 12.1. The monoisotopic (exact) mass is 411 g/mol. The molecule has 2 aliphatic rings. The summed E-state index contributed by atoms with van der Waals surface area (Å²) in [6.07, 6.45) is 1.30. The van der Waals surface area contributed by atoms with Crippen LogP contribution < -0.4 is 14.5 Å². The number of ether oxygens (including phenoxy) is 2. The SMILES string of the molecule is Cc1cccc(C)c1OC1CCN(c2ccc([N+](=O)[O-])cc2N2CCOC2=O)CC1. The summed E-state index contributed by atoms with van der Waals surface area (Å²) < 4.78 is 11.3. The molecule has 2 aromatic carbocycles. The zero-order valence-corrected chi connectivity index (χ0v) is 17.2. The summed E-state index contributed by atoms with van der Waals surface area (Å²) in [7, 11) is 0. The number of nitro benzene ring substituents is 1. The van der Waals surface area contributed by atoms with Crippen molar-refractivity contribution in [3.63, 3.8) is 0 Å². The highest BCUT2D eigenvalue weighted by molar-refractivity contribution is 5.94. The zero-order chi connectivity index (χ0) is 21.3. The van der Waals surface area contributed by atoms with Crippen LogP contribution in [0.3, 0.4) is 0 Å². The summed E-state index contributed by atoms with van der Waals surface area (Å²) in [5.41, 5.74) is 3.55. The molecule has 8 heteroatoms. The molecule has 2 aliphatic heterocycles. The molecule has 8 nitrogen and oxygen atoms in total. The third kappa shape index (κ3) is 3.90. The lowest BCUT2D eigenvalue weighted by Crippen LogP contribution is -2.39. The van der Waals surface area contributed by atoms with E-state index in [0.29, 0.717) is 12.2 Å². The van der Waals surface area contributed by atoms with Crippen LogP contribution in [0, 0.1) is 24.0 Å². The van der Waals surface area contributed by atoms with Gasteiger partial charge in [0.05, 0.1) is 22.8 Å². The molecule has 2 fully saturated rings. The predicted octanol–water partition coefficient (Wildman–Crippen LogP) is 4.22. The molecule has 4 rings (SSSR count). The van der Waals surface area contributed by atoms with Crippen LogP contribution in [0.15, 0.2) is 36.4 Å². The van der Waals surface area contributed by atoms with E-state index in [1.165, 1.54) is 17.0 Å². The summed E-state index contributed by atoms with van der Waals surface area (Å²) in [6, 6.07) is 10.8. The Kier molecular flexibility index (Phi) is 5.48. The number of hydrogen-bond acceptors (Lipinski definition) is 6. The van der Waals surface area contributed by atoms with Crippen LogP contribution >= 0.6 is 0 Å². The van der Waals surface area contributed by atoms with Crippen molar-refractivity contribution in [2.45, 2.75) is 32.8 Å². The minimum absolute atomic E-state index is 0.0401. The highest BCUT2D eigenvalue weighted by Gasteiger charge is 2.31. The average Bonchev–Trinajstić information content (AvgIpc) is 3.16. The van der Waals surface area contributed by atoms with E-state index in [9.17, 15) is 14.9 Å². The van der Waals surface area contributed by atoms with Gasteiger partial charge in [-0.15, -0.1) is 0 Å². The first-order chi connectivity index (χ1) is 14.4. The van der Waals surface area contributed by atoms with E-state index < -0.39 is 11.0 Å². The average molecular weight is 411 g/mol. The van der Waals surface area contributed by atoms with E-state index in [0.717, 1.165) is 48.5 Å². The van der Waals surface area contributed by atoms with Crippen LogP contribution in [0.2, 0.25) is 0 Å². The van der Waals surface area contributed by atoms with Crippen molar-refractivity contribution in [3.05, 3.63) is 57.6 Å². The number of nitrogens with zero attached hydrogens (tertiary/aromatic N) is 3. The summed E-state index contributed by atoms with van der Waals surface area (Å²) in [5, 5.41) is 11.2. The van der Waals surface area contributed by atoms with Crippen LogP contribution in [0.4, 0.5) is 21.9 Å². The number of para-hydroxylation sites is 1. The van der Waals surface area contributed by atoms with Crippen LogP contribution in [-0.2, 0) is 4.74 Å². The number of nitro groups is 1. The van der Waals surface area contributed by atoms with E-state index in [1.807, 2.05) is 6.07 Å². The van der Waals surface area contributed by atoms with Gasteiger partial charge in [0.15, 0.2) is 0 Å². The Morgan fingerprint density at radius 3 is 2.37 bits per heavy atom. The first-order valence-electron chi connectivity index (χ1n) is 10.1. The second-order valence-electron chi connectivity index (χ2n) is 7.72. The Bertz CT molecular complexity index is 949. The molecule has 0 aliphatic carbocycles. The molecule has 0 bridgehead atoms. The van der Waals surface area contributed by atoms with Crippen molar-refractivity contribution in [1.82, 2.24) is 0 Å². The van der Waals surface area contributed by atoms with Crippen LogP contribution in [0.5, 0.6) is 5.75 Å². The van der Waals surface area contributed by atoms with Gasteiger partial charge in [-0.1, -0.05) is 18.2 Å². The minimum atomic E-state index is -0.468. The van der Waals surface area contributed by atoms with Gasteiger partial charge in [0.25, 0.3) is 5.69 Å². The highest BCUT2D eigenvalue weighted by Crippen LogP contribution is 2.36. The lowest BCUT2D eigenvalue weighted by Gasteiger charge is -2.35. The maximum atomic E-state index is 12.1. The summed E-state index contributed by atoms with van der Waals surface area (Å²) in [4.78, 5) is 26.5. The number of carbonyl (C=O) groups is 1. The van der Waals surface area contributed by atoms with E-state index in [1.54, 1.807) is 6.07 Å². The largest absolute Gasteiger partial charge is 0.490 e. The summed E-state index contributed by atoms with van der Waals surface area (Å²) in [6.45, 7) is 6.25. The highest BCUT2D eigenvalue weighted by atomic mass is 16.6. The number of carbonyl (C=O) groups excluding carboxylic acids is 1. The van der Waals surface area contributed by atoms with E-state index in [2.05, 4.69) is 30.9 Å². The van der Waals surface area contributed by atoms with Gasteiger partial charge in [-0.05, 0) is 31.0 Å². The van der Waals surface area contributed by atoms with Gasteiger partial charge in [-0.2, -0.15) is 0 Å². The van der Waals surface area contributed by atoms with Crippen molar-refractivity contribution in [2.75, 3.05) is 36.0 Å². The molecule has 0 atom stereocenters. The minimum Gasteiger partial charge on any atom is -0.490 e. The normalized spacial score (nSPS) is 17.2. The Hall–Kier alpha value is -3.29. The number of cyclic esters (lactones) is 1. The number of anilines is 2. The summed E-state index contributed by atoms with van der Waals surface area (Å²) >= 11 is 0. The fourth-order valence-electron chi connectivity index (χ4n) is 4.09. The molecule has 158 valence electrons. The number of non-ortho nitro benzene ring substituents is 1. The van der Waals surface area contributed by atoms with Gasteiger partial charge in [0.1, 0.15) is 18.5 Å². The van der Waals surface area contributed by atoms with Crippen molar-refractivity contribution in [1.29, 1.82) is 0 Å².